The summed E-state index contributed by atoms with van der Waals surface area (Å²) < 4.78 is 13.6. The fourth-order valence-corrected chi connectivity index (χ4v) is 3.90. The van der Waals surface area contributed by atoms with Crippen molar-refractivity contribution >= 4 is 0 Å². The van der Waals surface area contributed by atoms with E-state index in [0.717, 1.165) is 24.4 Å². The Balaban J connectivity index is 2.22. The molecule has 0 aromatic heterocycles. The zero-order chi connectivity index (χ0) is 15.5. The fraction of sp³-hybridized carbons (Fsp3) is 0.684. The Morgan fingerprint density at radius 2 is 2.05 bits per heavy atom. The van der Waals surface area contributed by atoms with Crippen molar-refractivity contribution in [2.24, 2.45) is 11.8 Å². The topological polar surface area (TPSA) is 12.0 Å². The van der Waals surface area contributed by atoms with Crippen molar-refractivity contribution in [3.8, 4) is 0 Å². The van der Waals surface area contributed by atoms with Gasteiger partial charge in [0.05, 0.1) is 0 Å². The predicted molar refractivity (Wildman–Crippen MR) is 88.0 cm³/mol. The van der Waals surface area contributed by atoms with Crippen LogP contribution < -0.4 is 5.32 Å². The van der Waals surface area contributed by atoms with Crippen LogP contribution in [0, 0.1) is 17.7 Å². The van der Waals surface area contributed by atoms with E-state index in [1.54, 1.807) is 6.07 Å². The molecule has 0 bridgehead atoms. The van der Waals surface area contributed by atoms with Crippen molar-refractivity contribution in [1.82, 2.24) is 5.32 Å². The molecule has 3 unspecified atom stereocenters. The van der Waals surface area contributed by atoms with E-state index in [0.29, 0.717) is 12.0 Å². The Hall–Kier alpha value is -0.890. The van der Waals surface area contributed by atoms with E-state index in [1.165, 1.54) is 25.3 Å². The third kappa shape index (κ3) is 3.85. The molecule has 0 radical (unpaired) electrons. The molecule has 1 aliphatic carbocycles. The lowest BCUT2D eigenvalue weighted by molar-refractivity contribution is 0.145. The summed E-state index contributed by atoms with van der Waals surface area (Å²) in [5.41, 5.74) is 1.14. The van der Waals surface area contributed by atoms with Crippen LogP contribution in [0.15, 0.2) is 24.3 Å². The fourth-order valence-electron chi connectivity index (χ4n) is 3.90. The quantitative estimate of drug-likeness (QED) is 0.813. The van der Waals surface area contributed by atoms with E-state index in [2.05, 4.69) is 39.1 Å². The number of hydrogen-bond acceptors (Lipinski definition) is 1. The molecule has 2 heteroatoms. The summed E-state index contributed by atoms with van der Waals surface area (Å²) in [6.07, 6.45) is 4.92. The Kier molecular flexibility index (Phi) is 5.43. The lowest BCUT2D eigenvalue weighted by atomic mass is 9.63. The second-order valence-electron chi connectivity index (χ2n) is 7.32. The lowest BCUT2D eigenvalue weighted by Crippen LogP contribution is -2.48. The summed E-state index contributed by atoms with van der Waals surface area (Å²) in [4.78, 5) is 0. The molecular weight excluding hydrogens is 261 g/mol. The minimum atomic E-state index is -0.122. The molecule has 1 nitrogen and oxygen atoms in total. The van der Waals surface area contributed by atoms with Crippen LogP contribution in [0.4, 0.5) is 4.39 Å². The monoisotopic (exact) mass is 291 g/mol. The molecule has 1 N–H and O–H groups in total. The van der Waals surface area contributed by atoms with Gasteiger partial charge in [0.25, 0.3) is 0 Å². The van der Waals surface area contributed by atoms with Crippen LogP contribution in [-0.4, -0.2) is 12.6 Å². The summed E-state index contributed by atoms with van der Waals surface area (Å²) in [7, 11) is 0. The number of benzene rings is 1. The molecule has 0 spiro atoms. The first-order valence-corrected chi connectivity index (χ1v) is 8.44. The molecule has 1 aromatic rings. The van der Waals surface area contributed by atoms with Gasteiger partial charge in [0.15, 0.2) is 0 Å². The third-order valence-corrected chi connectivity index (χ3v) is 5.26. The SMILES string of the molecule is CCCNC1CC(C)CCC1C(C)(C)c1cccc(F)c1. The maximum atomic E-state index is 13.6. The highest BCUT2D eigenvalue weighted by Gasteiger charge is 2.39. The highest BCUT2D eigenvalue weighted by Crippen LogP contribution is 2.42. The third-order valence-electron chi connectivity index (χ3n) is 5.26. The largest absolute Gasteiger partial charge is 0.314 e. The Bertz CT molecular complexity index is 455. The van der Waals surface area contributed by atoms with Crippen LogP contribution in [0.5, 0.6) is 0 Å². The van der Waals surface area contributed by atoms with Crippen LogP contribution in [-0.2, 0) is 5.41 Å². The molecule has 118 valence electrons. The van der Waals surface area contributed by atoms with Gasteiger partial charge in [0, 0.05) is 6.04 Å². The van der Waals surface area contributed by atoms with Crippen molar-refractivity contribution in [3.63, 3.8) is 0 Å². The van der Waals surface area contributed by atoms with Gasteiger partial charge >= 0.3 is 0 Å². The number of hydrogen-bond donors (Lipinski definition) is 1. The summed E-state index contributed by atoms with van der Waals surface area (Å²) in [5, 5.41) is 3.75. The van der Waals surface area contributed by atoms with E-state index in [9.17, 15) is 4.39 Å². The molecular formula is C19H30FN. The molecule has 1 saturated carbocycles. The smallest absolute Gasteiger partial charge is 0.123 e. The Labute approximate surface area is 129 Å². The average Bonchev–Trinajstić information content (AvgIpc) is 2.45. The molecule has 0 aliphatic heterocycles. The average molecular weight is 291 g/mol. The van der Waals surface area contributed by atoms with E-state index in [1.807, 2.05) is 6.07 Å². The number of nitrogens with one attached hydrogen (secondary N) is 1. The molecule has 1 aromatic carbocycles. The second-order valence-corrected chi connectivity index (χ2v) is 7.32. The molecule has 3 atom stereocenters. The van der Waals surface area contributed by atoms with Gasteiger partial charge < -0.3 is 5.32 Å². The number of rotatable bonds is 5. The molecule has 2 rings (SSSR count). The minimum absolute atomic E-state index is 0.00759. The predicted octanol–water partition coefficient (Wildman–Crippen LogP) is 4.91. The standard InChI is InChI=1S/C19H30FN/c1-5-11-21-18-12-14(2)9-10-17(18)19(3,4)15-7-6-8-16(20)13-15/h6-8,13-14,17-18,21H,5,9-12H2,1-4H3. The Morgan fingerprint density at radius 1 is 1.29 bits per heavy atom. The zero-order valence-electron chi connectivity index (χ0n) is 14.0. The maximum absolute atomic E-state index is 13.6. The van der Waals surface area contributed by atoms with E-state index >= 15 is 0 Å². The molecule has 21 heavy (non-hydrogen) atoms. The zero-order valence-corrected chi connectivity index (χ0v) is 14.0. The number of halogens is 1. The van der Waals surface area contributed by atoms with Crippen LogP contribution in [0.1, 0.15) is 58.9 Å². The van der Waals surface area contributed by atoms with Crippen LogP contribution >= 0.6 is 0 Å². The summed E-state index contributed by atoms with van der Waals surface area (Å²) in [5.74, 6) is 1.24. The Morgan fingerprint density at radius 3 is 2.71 bits per heavy atom. The first-order chi connectivity index (χ1) is 9.95. The van der Waals surface area contributed by atoms with Gasteiger partial charge in [-0.3, -0.25) is 0 Å². The summed E-state index contributed by atoms with van der Waals surface area (Å²) in [6.45, 7) is 10.2. The van der Waals surface area contributed by atoms with Gasteiger partial charge in [0.1, 0.15) is 5.82 Å². The van der Waals surface area contributed by atoms with Crippen LogP contribution in [0.2, 0.25) is 0 Å². The van der Waals surface area contributed by atoms with Crippen molar-refractivity contribution in [1.29, 1.82) is 0 Å². The maximum Gasteiger partial charge on any atom is 0.123 e. The summed E-state index contributed by atoms with van der Waals surface area (Å²) in [6, 6.07) is 7.72. The first-order valence-electron chi connectivity index (χ1n) is 8.44. The van der Waals surface area contributed by atoms with Crippen molar-refractivity contribution in [3.05, 3.63) is 35.6 Å². The second kappa shape index (κ2) is 6.91. The van der Waals surface area contributed by atoms with Crippen LogP contribution in [0.25, 0.3) is 0 Å². The van der Waals surface area contributed by atoms with Gasteiger partial charge in [-0.1, -0.05) is 46.2 Å². The molecule has 1 fully saturated rings. The van der Waals surface area contributed by atoms with Gasteiger partial charge in [-0.15, -0.1) is 0 Å². The van der Waals surface area contributed by atoms with Crippen LogP contribution in [0.3, 0.4) is 0 Å². The minimum Gasteiger partial charge on any atom is -0.314 e. The highest BCUT2D eigenvalue weighted by molar-refractivity contribution is 5.26. The van der Waals surface area contributed by atoms with E-state index in [-0.39, 0.29) is 11.2 Å². The van der Waals surface area contributed by atoms with E-state index < -0.39 is 0 Å². The molecule has 0 saturated heterocycles. The first kappa shape index (κ1) is 16.5. The van der Waals surface area contributed by atoms with Gasteiger partial charge in [-0.25, -0.2) is 4.39 Å². The highest BCUT2D eigenvalue weighted by atomic mass is 19.1. The van der Waals surface area contributed by atoms with Crippen molar-refractivity contribution in [2.45, 2.75) is 64.8 Å². The normalized spacial score (nSPS) is 26.8. The van der Waals surface area contributed by atoms with Crippen molar-refractivity contribution in [2.75, 3.05) is 6.54 Å². The molecule has 0 heterocycles. The molecule has 1 aliphatic rings. The molecule has 0 amide bonds. The van der Waals surface area contributed by atoms with Gasteiger partial charge in [-0.05, 0) is 60.8 Å². The van der Waals surface area contributed by atoms with Gasteiger partial charge in [0.2, 0.25) is 0 Å². The van der Waals surface area contributed by atoms with Gasteiger partial charge in [-0.2, -0.15) is 0 Å². The van der Waals surface area contributed by atoms with E-state index in [4.69, 9.17) is 0 Å². The lowest BCUT2D eigenvalue weighted by Gasteiger charge is -2.45. The van der Waals surface area contributed by atoms with Crippen molar-refractivity contribution < 1.29 is 4.39 Å². The summed E-state index contributed by atoms with van der Waals surface area (Å²) >= 11 is 0.